The van der Waals surface area contributed by atoms with Gasteiger partial charge in [0.05, 0.1) is 24.2 Å². The molecule has 1 aromatic heterocycles. The maximum absolute atomic E-state index is 5.59. The maximum atomic E-state index is 5.59. The van der Waals surface area contributed by atoms with Gasteiger partial charge < -0.3 is 4.74 Å². The lowest BCUT2D eigenvalue weighted by molar-refractivity contribution is 0.295. The van der Waals surface area contributed by atoms with Crippen molar-refractivity contribution in [2.75, 3.05) is 12.5 Å². The second kappa shape index (κ2) is 6.04. The molecule has 0 spiro atoms. The van der Waals surface area contributed by atoms with E-state index in [9.17, 15) is 0 Å². The third-order valence-electron chi connectivity index (χ3n) is 2.76. The molecule has 2 rings (SSSR count). The standard InChI is InChI=1S/C12H17ClN2O/c13-7-3-4-8-16-12-9-14-10-5-1-2-6-11(10)15-12/h9H,1-8H2. The van der Waals surface area contributed by atoms with Gasteiger partial charge in [0, 0.05) is 5.88 Å². The molecule has 0 radical (unpaired) electrons. The normalized spacial score (nSPS) is 14.6. The lowest BCUT2D eigenvalue weighted by atomic mass is 10.0. The Morgan fingerprint density at radius 2 is 2.00 bits per heavy atom. The van der Waals surface area contributed by atoms with E-state index in [1.807, 2.05) is 0 Å². The fourth-order valence-electron chi connectivity index (χ4n) is 1.87. The van der Waals surface area contributed by atoms with E-state index >= 15 is 0 Å². The molecule has 0 atom stereocenters. The number of alkyl halides is 1. The number of aryl methyl sites for hydroxylation is 2. The van der Waals surface area contributed by atoms with Crippen molar-refractivity contribution in [3.63, 3.8) is 0 Å². The zero-order valence-electron chi connectivity index (χ0n) is 9.41. The first-order valence-electron chi connectivity index (χ1n) is 5.93. The Morgan fingerprint density at radius 1 is 1.19 bits per heavy atom. The molecule has 0 saturated heterocycles. The topological polar surface area (TPSA) is 35.0 Å². The lowest BCUT2D eigenvalue weighted by Gasteiger charge is -2.14. The van der Waals surface area contributed by atoms with E-state index in [2.05, 4.69) is 9.97 Å². The molecule has 0 bridgehead atoms. The van der Waals surface area contributed by atoms with E-state index in [-0.39, 0.29) is 0 Å². The molecule has 1 aliphatic rings. The number of nitrogens with zero attached hydrogens (tertiary/aromatic N) is 2. The molecule has 0 N–H and O–H groups in total. The number of hydrogen-bond donors (Lipinski definition) is 0. The highest BCUT2D eigenvalue weighted by molar-refractivity contribution is 6.17. The zero-order valence-corrected chi connectivity index (χ0v) is 10.2. The summed E-state index contributed by atoms with van der Waals surface area (Å²) in [6.45, 7) is 0.681. The minimum Gasteiger partial charge on any atom is -0.477 e. The molecule has 3 nitrogen and oxygen atoms in total. The van der Waals surface area contributed by atoms with Gasteiger partial charge in [-0.3, -0.25) is 4.98 Å². The molecule has 88 valence electrons. The van der Waals surface area contributed by atoms with Crippen LogP contribution in [0.1, 0.15) is 37.1 Å². The smallest absolute Gasteiger partial charge is 0.232 e. The minimum absolute atomic E-state index is 0.662. The third-order valence-corrected chi connectivity index (χ3v) is 3.03. The molecule has 0 aromatic carbocycles. The van der Waals surface area contributed by atoms with Crippen LogP contribution in [-0.4, -0.2) is 22.5 Å². The average molecular weight is 241 g/mol. The molecule has 1 aromatic rings. The molecule has 1 heterocycles. The van der Waals surface area contributed by atoms with Crippen LogP contribution in [0.2, 0.25) is 0 Å². The van der Waals surface area contributed by atoms with Gasteiger partial charge in [0.25, 0.3) is 0 Å². The number of halogens is 1. The Hall–Kier alpha value is -0.830. The van der Waals surface area contributed by atoms with E-state index in [1.165, 1.54) is 12.8 Å². The van der Waals surface area contributed by atoms with Crippen molar-refractivity contribution in [1.82, 2.24) is 9.97 Å². The van der Waals surface area contributed by atoms with Gasteiger partial charge in [-0.25, -0.2) is 4.98 Å². The van der Waals surface area contributed by atoms with Crippen LogP contribution in [0.3, 0.4) is 0 Å². The Morgan fingerprint density at radius 3 is 2.81 bits per heavy atom. The number of hydrogen-bond acceptors (Lipinski definition) is 3. The van der Waals surface area contributed by atoms with Gasteiger partial charge in [-0.05, 0) is 38.5 Å². The summed E-state index contributed by atoms with van der Waals surface area (Å²) in [7, 11) is 0. The number of unbranched alkanes of at least 4 members (excludes halogenated alkanes) is 1. The molecular formula is C12H17ClN2O. The molecule has 1 aliphatic carbocycles. The summed E-state index contributed by atoms with van der Waals surface area (Å²) in [5.74, 6) is 1.36. The summed E-state index contributed by atoms with van der Waals surface area (Å²) in [5, 5.41) is 0. The monoisotopic (exact) mass is 240 g/mol. The number of ether oxygens (including phenoxy) is 1. The highest BCUT2D eigenvalue weighted by Gasteiger charge is 2.12. The van der Waals surface area contributed by atoms with Gasteiger partial charge in [0.2, 0.25) is 5.88 Å². The molecular weight excluding hydrogens is 224 g/mol. The van der Waals surface area contributed by atoms with Gasteiger partial charge in [-0.1, -0.05) is 0 Å². The van der Waals surface area contributed by atoms with Crippen molar-refractivity contribution in [3.8, 4) is 5.88 Å². The lowest BCUT2D eigenvalue weighted by Crippen LogP contribution is -2.09. The van der Waals surface area contributed by atoms with Crippen molar-refractivity contribution in [2.45, 2.75) is 38.5 Å². The first-order chi connectivity index (χ1) is 7.90. The first-order valence-corrected chi connectivity index (χ1v) is 6.47. The molecule has 4 heteroatoms. The van der Waals surface area contributed by atoms with Crippen LogP contribution in [-0.2, 0) is 12.8 Å². The quantitative estimate of drug-likeness (QED) is 0.586. The SMILES string of the molecule is ClCCCCOc1cnc2c(n1)CCCC2. The third kappa shape index (κ3) is 3.08. The van der Waals surface area contributed by atoms with Crippen LogP contribution in [0.5, 0.6) is 5.88 Å². The van der Waals surface area contributed by atoms with E-state index in [0.717, 1.165) is 37.1 Å². The van der Waals surface area contributed by atoms with E-state index in [0.29, 0.717) is 18.4 Å². The van der Waals surface area contributed by atoms with Crippen LogP contribution in [0, 0.1) is 0 Å². The number of rotatable bonds is 5. The summed E-state index contributed by atoms with van der Waals surface area (Å²) in [5.41, 5.74) is 2.28. The Bertz CT molecular complexity index is 344. The largest absolute Gasteiger partial charge is 0.477 e. The summed E-state index contributed by atoms with van der Waals surface area (Å²) in [4.78, 5) is 8.90. The predicted octanol–water partition coefficient (Wildman–Crippen LogP) is 2.75. The van der Waals surface area contributed by atoms with Gasteiger partial charge >= 0.3 is 0 Å². The van der Waals surface area contributed by atoms with Gasteiger partial charge in [0.15, 0.2) is 0 Å². The molecule has 0 saturated carbocycles. The van der Waals surface area contributed by atoms with Crippen LogP contribution in [0.4, 0.5) is 0 Å². The van der Waals surface area contributed by atoms with Crippen molar-refractivity contribution < 1.29 is 4.74 Å². The minimum atomic E-state index is 0.662. The van der Waals surface area contributed by atoms with E-state index in [1.54, 1.807) is 6.20 Å². The van der Waals surface area contributed by atoms with Crippen LogP contribution < -0.4 is 4.74 Å². The van der Waals surface area contributed by atoms with Gasteiger partial charge in [0.1, 0.15) is 0 Å². The van der Waals surface area contributed by atoms with Gasteiger partial charge in [-0.2, -0.15) is 0 Å². The maximum Gasteiger partial charge on any atom is 0.232 e. The fourth-order valence-corrected chi connectivity index (χ4v) is 2.06. The van der Waals surface area contributed by atoms with E-state index in [4.69, 9.17) is 16.3 Å². The Kier molecular flexibility index (Phi) is 4.40. The highest BCUT2D eigenvalue weighted by atomic mass is 35.5. The Labute approximate surface area is 101 Å². The predicted molar refractivity (Wildman–Crippen MR) is 64.1 cm³/mol. The Balaban J connectivity index is 1.90. The van der Waals surface area contributed by atoms with Crippen LogP contribution >= 0.6 is 11.6 Å². The number of aromatic nitrogens is 2. The molecule has 0 unspecified atom stereocenters. The summed E-state index contributed by atoms with van der Waals surface area (Å²) in [6.07, 6.45) is 8.26. The van der Waals surface area contributed by atoms with Gasteiger partial charge in [-0.15, -0.1) is 11.6 Å². The first kappa shape index (κ1) is 11.6. The van der Waals surface area contributed by atoms with Crippen molar-refractivity contribution >= 4 is 11.6 Å². The zero-order chi connectivity index (χ0) is 11.2. The van der Waals surface area contributed by atoms with Crippen LogP contribution in [0.25, 0.3) is 0 Å². The van der Waals surface area contributed by atoms with Crippen molar-refractivity contribution in [1.29, 1.82) is 0 Å². The summed E-state index contributed by atoms with van der Waals surface area (Å²) >= 11 is 5.59. The molecule has 0 fully saturated rings. The summed E-state index contributed by atoms with van der Waals surface area (Å²) in [6, 6.07) is 0. The van der Waals surface area contributed by atoms with Crippen molar-refractivity contribution in [2.24, 2.45) is 0 Å². The fraction of sp³-hybridized carbons (Fsp3) is 0.667. The molecule has 16 heavy (non-hydrogen) atoms. The highest BCUT2D eigenvalue weighted by Crippen LogP contribution is 2.19. The second-order valence-corrected chi connectivity index (χ2v) is 4.43. The second-order valence-electron chi connectivity index (χ2n) is 4.05. The molecule has 0 aliphatic heterocycles. The average Bonchev–Trinajstić information content (AvgIpc) is 2.34. The molecule has 0 amide bonds. The number of fused-ring (bicyclic) bond motifs is 1. The van der Waals surface area contributed by atoms with Crippen LogP contribution in [0.15, 0.2) is 6.20 Å². The van der Waals surface area contributed by atoms with Crippen molar-refractivity contribution in [3.05, 3.63) is 17.6 Å². The summed E-state index contributed by atoms with van der Waals surface area (Å²) < 4.78 is 5.54. The van der Waals surface area contributed by atoms with E-state index < -0.39 is 0 Å².